The zero-order valence-electron chi connectivity index (χ0n) is 9.47. The van der Waals surface area contributed by atoms with Gasteiger partial charge >= 0.3 is 25.5 Å². The second-order valence-electron chi connectivity index (χ2n) is 4.00. The molecule has 0 aromatic carbocycles. The van der Waals surface area contributed by atoms with Crippen molar-refractivity contribution in [2.75, 3.05) is 0 Å². The van der Waals surface area contributed by atoms with Crippen LogP contribution in [0.25, 0.3) is 0 Å². The van der Waals surface area contributed by atoms with E-state index in [4.69, 9.17) is 25.1 Å². The fraction of sp³-hybridized carbons (Fsp3) is 0.625. The minimum atomic E-state index is -5.26. The number of aliphatic carboxylic acids is 3. The molecule has 1 unspecified atom stereocenters. The van der Waals surface area contributed by atoms with Crippen molar-refractivity contribution in [2.24, 2.45) is 11.3 Å². The third-order valence-electron chi connectivity index (χ3n) is 2.45. The minimum absolute atomic E-state index is 1.13. The molecular formula is C8H13O9P. The van der Waals surface area contributed by atoms with Gasteiger partial charge in [0.15, 0.2) is 0 Å². The molecule has 104 valence electrons. The fourth-order valence-corrected chi connectivity index (χ4v) is 3.41. The fourth-order valence-electron chi connectivity index (χ4n) is 1.79. The van der Waals surface area contributed by atoms with Crippen LogP contribution in [0, 0.1) is 11.3 Å². The first-order valence-electron chi connectivity index (χ1n) is 4.65. The molecule has 0 spiro atoms. The highest BCUT2D eigenvalue weighted by Crippen LogP contribution is 2.53. The Labute approximate surface area is 101 Å². The first-order chi connectivity index (χ1) is 7.90. The second kappa shape index (κ2) is 5.05. The predicted molar refractivity (Wildman–Crippen MR) is 56.0 cm³/mol. The standard InChI is InChI=1S/C8H13O9P/c1-3(2)4(18(15,16)17)8(5(9)10,6(11)12)7(13)14/h3-4H,1-2H3,(H,9,10)(H,11,12)(H,13,14)(H2,15,16,17). The third kappa shape index (κ3) is 2.53. The van der Waals surface area contributed by atoms with Crippen molar-refractivity contribution >= 4 is 25.5 Å². The van der Waals surface area contributed by atoms with Gasteiger partial charge in [0, 0.05) is 0 Å². The normalized spacial score (nSPS) is 14.3. The third-order valence-corrected chi connectivity index (χ3v) is 4.16. The summed E-state index contributed by atoms with van der Waals surface area (Å²) in [5, 5.41) is 26.5. The molecule has 0 aliphatic carbocycles. The molecule has 0 aromatic heterocycles. The molecule has 0 aliphatic heterocycles. The van der Waals surface area contributed by atoms with Crippen molar-refractivity contribution in [2.45, 2.75) is 19.5 Å². The first kappa shape index (κ1) is 16.6. The lowest BCUT2D eigenvalue weighted by Gasteiger charge is -2.32. The minimum Gasteiger partial charge on any atom is -0.480 e. The summed E-state index contributed by atoms with van der Waals surface area (Å²) in [6.45, 7) is 2.26. The highest BCUT2D eigenvalue weighted by atomic mass is 31.2. The molecule has 0 saturated carbocycles. The number of hydrogen-bond acceptors (Lipinski definition) is 4. The van der Waals surface area contributed by atoms with E-state index in [1.165, 1.54) is 0 Å². The Morgan fingerprint density at radius 2 is 1.22 bits per heavy atom. The van der Waals surface area contributed by atoms with Crippen molar-refractivity contribution in [3.63, 3.8) is 0 Å². The first-order valence-corrected chi connectivity index (χ1v) is 6.33. The van der Waals surface area contributed by atoms with Crippen LogP contribution in [0.1, 0.15) is 13.8 Å². The number of rotatable bonds is 6. The van der Waals surface area contributed by atoms with Crippen LogP contribution in [0.4, 0.5) is 0 Å². The summed E-state index contributed by atoms with van der Waals surface area (Å²) in [7, 11) is -5.26. The molecule has 0 heterocycles. The van der Waals surface area contributed by atoms with E-state index in [2.05, 4.69) is 0 Å². The molecule has 18 heavy (non-hydrogen) atoms. The number of carboxylic acid groups (broad SMARTS) is 3. The second-order valence-corrected chi connectivity index (χ2v) is 5.74. The summed E-state index contributed by atoms with van der Waals surface area (Å²) in [6, 6.07) is 0. The Kier molecular flexibility index (Phi) is 4.65. The Balaban J connectivity index is 6.31. The van der Waals surface area contributed by atoms with Crippen molar-refractivity contribution in [1.29, 1.82) is 0 Å². The summed E-state index contributed by atoms with van der Waals surface area (Å²) in [5.74, 6) is -8.16. The molecule has 0 fully saturated rings. The molecule has 0 saturated heterocycles. The molecule has 0 bridgehead atoms. The van der Waals surface area contributed by atoms with E-state index in [0.29, 0.717) is 0 Å². The highest BCUT2D eigenvalue weighted by molar-refractivity contribution is 7.52. The van der Waals surface area contributed by atoms with Crippen molar-refractivity contribution in [3.8, 4) is 0 Å². The summed E-state index contributed by atoms with van der Waals surface area (Å²) in [5.41, 5.74) is -5.97. The molecule has 1 atom stereocenters. The van der Waals surface area contributed by atoms with Gasteiger partial charge in [-0.25, -0.2) is 0 Å². The zero-order valence-corrected chi connectivity index (χ0v) is 10.4. The maximum atomic E-state index is 11.2. The average Bonchev–Trinajstić information content (AvgIpc) is 2.08. The van der Waals surface area contributed by atoms with E-state index in [-0.39, 0.29) is 0 Å². The Morgan fingerprint density at radius 3 is 1.28 bits per heavy atom. The summed E-state index contributed by atoms with van der Waals surface area (Å²) in [4.78, 5) is 51.1. The quantitative estimate of drug-likeness (QED) is 0.316. The summed E-state index contributed by atoms with van der Waals surface area (Å²) >= 11 is 0. The number of carbonyl (C=O) groups is 3. The number of hydrogen-bond donors (Lipinski definition) is 5. The van der Waals surface area contributed by atoms with E-state index < -0.39 is 42.5 Å². The van der Waals surface area contributed by atoms with Gasteiger partial charge in [0.05, 0.1) is 0 Å². The lowest BCUT2D eigenvalue weighted by Crippen LogP contribution is -2.56. The molecule has 0 rings (SSSR count). The van der Waals surface area contributed by atoms with Gasteiger partial charge in [-0.1, -0.05) is 13.8 Å². The van der Waals surface area contributed by atoms with Gasteiger partial charge in [0.1, 0.15) is 5.66 Å². The van der Waals surface area contributed by atoms with Crippen LogP contribution in [0.15, 0.2) is 0 Å². The largest absolute Gasteiger partial charge is 0.480 e. The van der Waals surface area contributed by atoms with Gasteiger partial charge in [0.2, 0.25) is 0 Å². The van der Waals surface area contributed by atoms with E-state index >= 15 is 0 Å². The molecule has 9 nitrogen and oxygen atoms in total. The highest BCUT2D eigenvalue weighted by Gasteiger charge is 2.66. The smallest absolute Gasteiger partial charge is 0.333 e. The predicted octanol–water partition coefficient (Wildman–Crippen LogP) is -0.571. The monoisotopic (exact) mass is 284 g/mol. The molecular weight excluding hydrogens is 271 g/mol. The van der Waals surface area contributed by atoms with E-state index in [9.17, 15) is 18.9 Å². The van der Waals surface area contributed by atoms with E-state index in [0.717, 1.165) is 13.8 Å². The van der Waals surface area contributed by atoms with Gasteiger partial charge in [-0.05, 0) is 5.92 Å². The van der Waals surface area contributed by atoms with Gasteiger partial charge < -0.3 is 25.1 Å². The van der Waals surface area contributed by atoms with Crippen LogP contribution < -0.4 is 0 Å². The summed E-state index contributed by atoms with van der Waals surface area (Å²) < 4.78 is 11.2. The van der Waals surface area contributed by atoms with E-state index in [1.54, 1.807) is 0 Å². The molecule has 0 radical (unpaired) electrons. The van der Waals surface area contributed by atoms with Gasteiger partial charge in [-0.2, -0.15) is 0 Å². The Bertz CT molecular complexity index is 384. The van der Waals surface area contributed by atoms with Crippen LogP contribution in [0.3, 0.4) is 0 Å². The van der Waals surface area contributed by atoms with Crippen LogP contribution in [-0.2, 0) is 18.9 Å². The van der Waals surface area contributed by atoms with Crippen LogP contribution in [0.5, 0.6) is 0 Å². The number of carboxylic acids is 3. The Hall–Kier alpha value is -1.44. The average molecular weight is 284 g/mol. The maximum Gasteiger partial charge on any atom is 0.333 e. The van der Waals surface area contributed by atoms with Gasteiger partial charge in [-0.15, -0.1) is 0 Å². The van der Waals surface area contributed by atoms with Crippen molar-refractivity contribution in [1.82, 2.24) is 0 Å². The summed E-state index contributed by atoms with van der Waals surface area (Å²) in [6.07, 6.45) is 0. The lowest BCUT2D eigenvalue weighted by atomic mass is 9.79. The molecule has 10 heteroatoms. The lowest BCUT2D eigenvalue weighted by molar-refractivity contribution is -0.177. The molecule has 0 aliphatic rings. The van der Waals surface area contributed by atoms with Gasteiger partial charge in [0.25, 0.3) is 5.41 Å². The maximum absolute atomic E-state index is 11.2. The topological polar surface area (TPSA) is 169 Å². The Morgan fingerprint density at radius 1 is 0.944 bits per heavy atom. The van der Waals surface area contributed by atoms with Crippen LogP contribution >= 0.6 is 7.60 Å². The molecule has 5 N–H and O–H groups in total. The van der Waals surface area contributed by atoms with Crippen LogP contribution in [-0.4, -0.2) is 48.7 Å². The van der Waals surface area contributed by atoms with Crippen molar-refractivity contribution in [3.05, 3.63) is 0 Å². The van der Waals surface area contributed by atoms with E-state index in [1.807, 2.05) is 0 Å². The van der Waals surface area contributed by atoms with Crippen molar-refractivity contribution < 1.29 is 44.1 Å². The zero-order chi connectivity index (χ0) is 14.9. The van der Waals surface area contributed by atoms with Crippen LogP contribution in [0.2, 0.25) is 0 Å². The van der Waals surface area contributed by atoms with Gasteiger partial charge in [-0.3, -0.25) is 18.9 Å². The SMILES string of the molecule is CC(C)C(C(C(=O)O)(C(=O)O)C(=O)O)P(=O)(O)O. The molecule has 0 amide bonds. The molecule has 0 aromatic rings.